The van der Waals surface area contributed by atoms with Gasteiger partial charge in [0.05, 0.1) is 17.0 Å². The van der Waals surface area contributed by atoms with Gasteiger partial charge in [-0.2, -0.15) is 0 Å². The summed E-state index contributed by atoms with van der Waals surface area (Å²) < 4.78 is 24.9. The van der Waals surface area contributed by atoms with Crippen molar-refractivity contribution in [3.63, 3.8) is 0 Å². The molecule has 1 aliphatic heterocycles. The Bertz CT molecular complexity index is 1430. The van der Waals surface area contributed by atoms with Gasteiger partial charge in [-0.05, 0) is 41.7 Å². The molecule has 3 heterocycles. The molecule has 0 bridgehead atoms. The molecule has 4 aromatic rings. The van der Waals surface area contributed by atoms with Crippen LogP contribution in [-0.2, 0) is 5.41 Å². The van der Waals surface area contributed by atoms with Crippen molar-refractivity contribution in [1.29, 1.82) is 0 Å². The number of halogens is 1. The lowest BCUT2D eigenvalue weighted by molar-refractivity contribution is 0.0969. The molecule has 0 radical (unpaired) electrons. The Morgan fingerprint density at radius 3 is 2.38 bits per heavy atom. The lowest BCUT2D eigenvalue weighted by Gasteiger charge is -2.24. The SMILES string of the molecule is Cc1cc(N2C(=O)c3oc4ccc(F)cc4c(=O)c3[C@H]2c2ccc(C(C)(C)C)cc2)no1. The summed E-state index contributed by atoms with van der Waals surface area (Å²) in [5.74, 6) is -0.319. The average Bonchev–Trinajstić information content (AvgIpc) is 3.29. The highest BCUT2D eigenvalue weighted by molar-refractivity contribution is 6.10. The van der Waals surface area contributed by atoms with Crippen molar-refractivity contribution in [3.8, 4) is 0 Å². The molecule has 0 N–H and O–H groups in total. The molecule has 6 nitrogen and oxygen atoms in total. The van der Waals surface area contributed by atoms with Crippen LogP contribution in [0.25, 0.3) is 11.0 Å². The van der Waals surface area contributed by atoms with Crippen molar-refractivity contribution in [2.24, 2.45) is 0 Å². The summed E-state index contributed by atoms with van der Waals surface area (Å²) in [4.78, 5) is 28.3. The number of aryl methyl sites for hydroxylation is 1. The quantitative estimate of drug-likeness (QED) is 0.431. The fourth-order valence-electron chi connectivity index (χ4n) is 4.13. The number of nitrogens with zero attached hydrogens (tertiary/aromatic N) is 2. The zero-order valence-corrected chi connectivity index (χ0v) is 18.1. The normalized spacial score (nSPS) is 16.1. The average molecular weight is 432 g/mol. The Kier molecular flexibility index (Phi) is 4.34. The number of hydrogen-bond donors (Lipinski definition) is 0. The number of amides is 1. The molecule has 162 valence electrons. The van der Waals surface area contributed by atoms with Crippen LogP contribution < -0.4 is 10.3 Å². The number of hydrogen-bond acceptors (Lipinski definition) is 5. The summed E-state index contributed by atoms with van der Waals surface area (Å²) in [6, 6.07) is 12.3. The molecule has 0 spiro atoms. The Labute approximate surface area is 183 Å². The summed E-state index contributed by atoms with van der Waals surface area (Å²) in [5.41, 5.74) is 1.65. The first-order valence-electron chi connectivity index (χ1n) is 10.3. The Balaban J connectivity index is 1.77. The van der Waals surface area contributed by atoms with Crippen molar-refractivity contribution >= 4 is 22.7 Å². The van der Waals surface area contributed by atoms with E-state index < -0.39 is 23.2 Å². The van der Waals surface area contributed by atoms with Gasteiger partial charge in [0.2, 0.25) is 5.76 Å². The first kappa shape index (κ1) is 20.2. The Hall–Kier alpha value is -3.74. The maximum Gasteiger partial charge on any atom is 0.296 e. The van der Waals surface area contributed by atoms with Crippen LogP contribution in [0.3, 0.4) is 0 Å². The van der Waals surface area contributed by atoms with E-state index in [0.29, 0.717) is 11.3 Å². The predicted octanol–water partition coefficient (Wildman–Crippen LogP) is 5.28. The Morgan fingerprint density at radius 2 is 1.75 bits per heavy atom. The molecule has 0 saturated carbocycles. The number of anilines is 1. The van der Waals surface area contributed by atoms with Crippen LogP contribution in [0.5, 0.6) is 0 Å². The molecule has 1 amide bonds. The van der Waals surface area contributed by atoms with Gasteiger partial charge < -0.3 is 8.94 Å². The van der Waals surface area contributed by atoms with Gasteiger partial charge >= 0.3 is 0 Å². The summed E-state index contributed by atoms with van der Waals surface area (Å²) in [6.07, 6.45) is 0. The van der Waals surface area contributed by atoms with Gasteiger partial charge in [0, 0.05) is 6.07 Å². The molecule has 1 aliphatic rings. The molecule has 5 rings (SSSR count). The van der Waals surface area contributed by atoms with Crippen molar-refractivity contribution in [3.05, 3.63) is 92.8 Å². The van der Waals surface area contributed by atoms with Crippen LogP contribution in [0.15, 0.2) is 62.3 Å². The van der Waals surface area contributed by atoms with Gasteiger partial charge in [-0.15, -0.1) is 0 Å². The van der Waals surface area contributed by atoms with E-state index in [4.69, 9.17) is 8.94 Å². The molecule has 0 fully saturated rings. The highest BCUT2D eigenvalue weighted by atomic mass is 19.1. The molecule has 32 heavy (non-hydrogen) atoms. The van der Waals surface area contributed by atoms with E-state index in [9.17, 15) is 14.0 Å². The number of fused-ring (bicyclic) bond motifs is 2. The minimum Gasteiger partial charge on any atom is -0.450 e. The second-order valence-corrected chi connectivity index (χ2v) is 9.06. The first-order chi connectivity index (χ1) is 15.1. The molecule has 7 heteroatoms. The van der Waals surface area contributed by atoms with Gasteiger partial charge in [-0.25, -0.2) is 4.39 Å². The standard InChI is InChI=1S/C25H21FN2O4/c1-13-11-19(27-32-13)28-21(14-5-7-15(8-6-14)25(2,3)4)20-22(29)17-12-16(26)9-10-18(17)31-23(20)24(28)30/h5-12,21H,1-4H3/t21-/m1/s1. The zero-order valence-electron chi connectivity index (χ0n) is 18.1. The highest BCUT2D eigenvalue weighted by Crippen LogP contribution is 2.41. The Morgan fingerprint density at radius 1 is 1.03 bits per heavy atom. The number of aromatic nitrogens is 1. The van der Waals surface area contributed by atoms with Crippen molar-refractivity contribution in [2.45, 2.75) is 39.2 Å². The second-order valence-electron chi connectivity index (χ2n) is 9.06. The van der Waals surface area contributed by atoms with E-state index in [1.165, 1.54) is 17.0 Å². The third kappa shape index (κ3) is 3.04. The highest BCUT2D eigenvalue weighted by Gasteiger charge is 2.45. The summed E-state index contributed by atoms with van der Waals surface area (Å²) in [7, 11) is 0. The van der Waals surface area contributed by atoms with Crippen LogP contribution in [0, 0.1) is 12.7 Å². The fraction of sp³-hybridized carbons (Fsp3) is 0.240. The monoisotopic (exact) mass is 432 g/mol. The molecule has 1 atom stereocenters. The van der Waals surface area contributed by atoms with Gasteiger partial charge in [0.25, 0.3) is 5.91 Å². The number of benzene rings is 2. The maximum atomic E-state index is 13.9. The van der Waals surface area contributed by atoms with E-state index >= 15 is 0 Å². The fourth-order valence-corrected chi connectivity index (χ4v) is 4.13. The third-order valence-electron chi connectivity index (χ3n) is 5.79. The van der Waals surface area contributed by atoms with E-state index in [-0.39, 0.29) is 33.5 Å². The third-order valence-corrected chi connectivity index (χ3v) is 5.79. The van der Waals surface area contributed by atoms with Crippen LogP contribution >= 0.6 is 0 Å². The second kappa shape index (κ2) is 6.88. The lowest BCUT2D eigenvalue weighted by Crippen LogP contribution is -2.29. The van der Waals surface area contributed by atoms with Crippen molar-refractivity contribution in [1.82, 2.24) is 5.16 Å². The first-order valence-corrected chi connectivity index (χ1v) is 10.3. The van der Waals surface area contributed by atoms with Crippen LogP contribution in [0.4, 0.5) is 10.2 Å². The van der Waals surface area contributed by atoms with Crippen LogP contribution in [-0.4, -0.2) is 11.1 Å². The number of rotatable bonds is 2. The molecule has 2 aromatic heterocycles. The number of carbonyl (C=O) groups is 1. The van der Waals surface area contributed by atoms with Gasteiger partial charge in [-0.3, -0.25) is 14.5 Å². The molecular weight excluding hydrogens is 411 g/mol. The van der Waals surface area contributed by atoms with E-state index in [1.807, 2.05) is 24.3 Å². The van der Waals surface area contributed by atoms with E-state index in [0.717, 1.165) is 11.6 Å². The maximum absolute atomic E-state index is 13.9. The lowest BCUT2D eigenvalue weighted by atomic mass is 9.86. The summed E-state index contributed by atoms with van der Waals surface area (Å²) in [5, 5.41) is 4.09. The molecule has 2 aromatic carbocycles. The minimum absolute atomic E-state index is 0.0579. The van der Waals surface area contributed by atoms with Crippen molar-refractivity contribution in [2.75, 3.05) is 4.90 Å². The smallest absolute Gasteiger partial charge is 0.296 e. The molecular formula is C25H21FN2O4. The zero-order chi connectivity index (χ0) is 22.8. The predicted molar refractivity (Wildman–Crippen MR) is 117 cm³/mol. The number of carbonyl (C=O) groups excluding carboxylic acids is 1. The van der Waals surface area contributed by atoms with E-state index in [1.54, 1.807) is 13.0 Å². The van der Waals surface area contributed by atoms with Crippen molar-refractivity contribution < 1.29 is 18.1 Å². The van der Waals surface area contributed by atoms with Crippen LogP contribution in [0.2, 0.25) is 0 Å². The minimum atomic E-state index is -0.778. The molecule has 0 unspecified atom stereocenters. The van der Waals surface area contributed by atoms with Gasteiger partial charge in [0.15, 0.2) is 11.2 Å². The topological polar surface area (TPSA) is 76.6 Å². The largest absolute Gasteiger partial charge is 0.450 e. The van der Waals surface area contributed by atoms with E-state index in [2.05, 4.69) is 25.9 Å². The molecule has 0 saturated heterocycles. The van der Waals surface area contributed by atoms with Crippen LogP contribution in [0.1, 0.15) is 59.8 Å². The van der Waals surface area contributed by atoms with Gasteiger partial charge in [-0.1, -0.05) is 50.2 Å². The van der Waals surface area contributed by atoms with Gasteiger partial charge in [0.1, 0.15) is 17.2 Å². The summed E-state index contributed by atoms with van der Waals surface area (Å²) >= 11 is 0. The molecule has 0 aliphatic carbocycles. The summed E-state index contributed by atoms with van der Waals surface area (Å²) in [6.45, 7) is 8.04.